The van der Waals surface area contributed by atoms with Crippen LogP contribution < -0.4 is 10.6 Å². The van der Waals surface area contributed by atoms with Crippen LogP contribution in [0, 0.1) is 5.82 Å². The molecule has 1 aromatic carbocycles. The number of amides is 1. The van der Waals surface area contributed by atoms with Crippen molar-refractivity contribution < 1.29 is 9.18 Å². The molecule has 0 aromatic heterocycles. The molecule has 0 bridgehead atoms. The summed E-state index contributed by atoms with van der Waals surface area (Å²) in [5.74, 6) is 0.517. The molecule has 0 atom stereocenters. The predicted molar refractivity (Wildman–Crippen MR) is 107 cm³/mol. The molecule has 136 valence electrons. The number of aliphatic imine (C=N–C) groups is 1. The van der Waals surface area contributed by atoms with Gasteiger partial charge in [0.05, 0.1) is 6.54 Å². The van der Waals surface area contributed by atoms with E-state index < -0.39 is 0 Å². The van der Waals surface area contributed by atoms with Crippen LogP contribution in [0.4, 0.5) is 4.39 Å². The van der Waals surface area contributed by atoms with E-state index in [0.29, 0.717) is 26.1 Å². The maximum atomic E-state index is 12.9. The molecule has 1 aromatic rings. The molecule has 0 radical (unpaired) electrons. The first-order valence-corrected chi connectivity index (χ1v) is 8.07. The van der Waals surface area contributed by atoms with Gasteiger partial charge < -0.3 is 15.5 Å². The fourth-order valence-corrected chi connectivity index (χ4v) is 2.02. The third-order valence-corrected chi connectivity index (χ3v) is 3.20. The summed E-state index contributed by atoms with van der Waals surface area (Å²) in [6.07, 6.45) is 1.30. The molecule has 0 heterocycles. The molecule has 1 amide bonds. The summed E-state index contributed by atoms with van der Waals surface area (Å²) in [6, 6.07) is 6.41. The number of halogens is 2. The van der Waals surface area contributed by atoms with E-state index in [9.17, 15) is 9.18 Å². The van der Waals surface area contributed by atoms with Crippen LogP contribution in [0.15, 0.2) is 29.3 Å². The summed E-state index contributed by atoms with van der Waals surface area (Å²) in [5, 5.41) is 6.04. The first-order valence-electron chi connectivity index (χ1n) is 8.07. The monoisotopic (exact) mass is 450 g/mol. The van der Waals surface area contributed by atoms with Crippen molar-refractivity contribution in [1.29, 1.82) is 0 Å². The van der Waals surface area contributed by atoms with E-state index in [-0.39, 0.29) is 35.7 Å². The summed E-state index contributed by atoms with van der Waals surface area (Å²) >= 11 is 0. The topological polar surface area (TPSA) is 56.7 Å². The smallest absolute Gasteiger partial charge is 0.221 e. The number of hydrogen-bond acceptors (Lipinski definition) is 2. The highest BCUT2D eigenvalue weighted by Gasteiger charge is 2.07. The molecular formula is C17H28FIN4O. The number of carbonyl (C=O) groups is 1. The van der Waals surface area contributed by atoms with Crippen molar-refractivity contribution >= 4 is 35.8 Å². The highest BCUT2D eigenvalue weighted by atomic mass is 127. The van der Waals surface area contributed by atoms with Crippen molar-refractivity contribution in [2.45, 2.75) is 33.2 Å². The van der Waals surface area contributed by atoms with E-state index in [1.165, 1.54) is 12.1 Å². The Morgan fingerprint density at radius 3 is 2.46 bits per heavy atom. The minimum absolute atomic E-state index is 0. The highest BCUT2D eigenvalue weighted by molar-refractivity contribution is 14.0. The molecule has 2 N–H and O–H groups in total. The Hall–Kier alpha value is -1.38. The summed E-state index contributed by atoms with van der Waals surface area (Å²) < 4.78 is 12.9. The van der Waals surface area contributed by atoms with Crippen molar-refractivity contribution in [1.82, 2.24) is 15.5 Å². The van der Waals surface area contributed by atoms with Crippen molar-refractivity contribution in [2.75, 3.05) is 26.7 Å². The van der Waals surface area contributed by atoms with Crippen LogP contribution in [0.3, 0.4) is 0 Å². The number of guanidine groups is 1. The minimum Gasteiger partial charge on any atom is -0.357 e. The van der Waals surface area contributed by atoms with Crippen molar-refractivity contribution in [3.8, 4) is 0 Å². The van der Waals surface area contributed by atoms with Gasteiger partial charge in [-0.05, 0) is 31.0 Å². The fraction of sp³-hybridized carbons (Fsp3) is 0.529. The van der Waals surface area contributed by atoms with Gasteiger partial charge >= 0.3 is 0 Å². The van der Waals surface area contributed by atoms with E-state index in [4.69, 9.17) is 0 Å². The van der Waals surface area contributed by atoms with Gasteiger partial charge in [0.1, 0.15) is 5.82 Å². The van der Waals surface area contributed by atoms with E-state index in [1.807, 2.05) is 25.8 Å². The van der Waals surface area contributed by atoms with Crippen LogP contribution >= 0.6 is 24.0 Å². The van der Waals surface area contributed by atoms with E-state index in [2.05, 4.69) is 15.6 Å². The van der Waals surface area contributed by atoms with Crippen LogP contribution in [0.25, 0.3) is 0 Å². The summed E-state index contributed by atoms with van der Waals surface area (Å²) in [7, 11) is 1.92. The molecule has 1 rings (SSSR count). The Bertz CT molecular complexity index is 508. The number of nitrogens with one attached hydrogen (secondary N) is 2. The maximum absolute atomic E-state index is 12.9. The number of benzene rings is 1. The fourth-order valence-electron chi connectivity index (χ4n) is 2.02. The lowest BCUT2D eigenvalue weighted by atomic mass is 10.2. The largest absolute Gasteiger partial charge is 0.357 e. The Morgan fingerprint density at radius 1 is 1.21 bits per heavy atom. The SMILES string of the molecule is CCCNC(=O)CCN=C(NCC)N(C)Cc1ccc(F)cc1.I. The quantitative estimate of drug-likeness (QED) is 0.364. The van der Waals surface area contributed by atoms with Gasteiger partial charge in [0.2, 0.25) is 5.91 Å². The first kappa shape index (κ1) is 22.6. The molecule has 0 saturated carbocycles. The van der Waals surface area contributed by atoms with Crippen molar-refractivity contribution in [3.63, 3.8) is 0 Å². The zero-order valence-corrected chi connectivity index (χ0v) is 17.0. The van der Waals surface area contributed by atoms with Gasteiger partial charge in [-0.25, -0.2) is 4.39 Å². The summed E-state index contributed by atoms with van der Waals surface area (Å²) in [6.45, 7) is 6.52. The maximum Gasteiger partial charge on any atom is 0.221 e. The Morgan fingerprint density at radius 2 is 1.88 bits per heavy atom. The van der Waals surface area contributed by atoms with Gasteiger partial charge in [-0.3, -0.25) is 9.79 Å². The Kier molecular flexibility index (Phi) is 12.2. The molecule has 0 aliphatic carbocycles. The third kappa shape index (κ3) is 9.05. The zero-order chi connectivity index (χ0) is 17.1. The average molecular weight is 450 g/mol. The van der Waals surface area contributed by atoms with Gasteiger partial charge in [0.15, 0.2) is 5.96 Å². The van der Waals surface area contributed by atoms with E-state index in [0.717, 1.165) is 24.5 Å². The molecule has 5 nitrogen and oxygen atoms in total. The second-order valence-electron chi connectivity index (χ2n) is 5.32. The lowest BCUT2D eigenvalue weighted by molar-refractivity contribution is -0.120. The van der Waals surface area contributed by atoms with E-state index in [1.54, 1.807) is 12.1 Å². The molecule has 0 aliphatic rings. The van der Waals surface area contributed by atoms with Crippen LogP contribution in [0.1, 0.15) is 32.3 Å². The van der Waals surface area contributed by atoms with Gasteiger partial charge in [-0.2, -0.15) is 0 Å². The third-order valence-electron chi connectivity index (χ3n) is 3.20. The van der Waals surface area contributed by atoms with Crippen molar-refractivity contribution in [2.24, 2.45) is 4.99 Å². The Labute approximate surface area is 161 Å². The average Bonchev–Trinajstić information content (AvgIpc) is 2.54. The van der Waals surface area contributed by atoms with Gasteiger partial charge in [0, 0.05) is 33.1 Å². The molecular weight excluding hydrogens is 422 g/mol. The molecule has 0 unspecified atom stereocenters. The molecule has 7 heteroatoms. The molecule has 0 fully saturated rings. The van der Waals surface area contributed by atoms with Gasteiger partial charge in [0.25, 0.3) is 0 Å². The van der Waals surface area contributed by atoms with Crippen LogP contribution in [-0.2, 0) is 11.3 Å². The number of rotatable bonds is 8. The van der Waals surface area contributed by atoms with Crippen LogP contribution in [0.2, 0.25) is 0 Å². The van der Waals surface area contributed by atoms with Crippen LogP contribution in [-0.4, -0.2) is 43.4 Å². The molecule has 24 heavy (non-hydrogen) atoms. The standard InChI is InChI=1S/C17H27FN4O.HI/c1-4-11-20-16(23)10-12-21-17(19-5-2)22(3)13-14-6-8-15(18)9-7-14;/h6-9H,4-5,10-13H2,1-3H3,(H,19,21)(H,20,23);1H. The first-order chi connectivity index (χ1) is 11.1. The van der Waals surface area contributed by atoms with Crippen molar-refractivity contribution in [3.05, 3.63) is 35.6 Å². The molecule has 0 saturated heterocycles. The normalized spacial score (nSPS) is 10.8. The Balaban J connectivity index is 0.00000529. The number of hydrogen-bond donors (Lipinski definition) is 2. The van der Waals surface area contributed by atoms with E-state index >= 15 is 0 Å². The number of carbonyl (C=O) groups excluding carboxylic acids is 1. The second-order valence-corrected chi connectivity index (χ2v) is 5.32. The van der Waals surface area contributed by atoms with Crippen LogP contribution in [0.5, 0.6) is 0 Å². The molecule has 0 spiro atoms. The molecule has 0 aliphatic heterocycles. The number of nitrogens with zero attached hydrogens (tertiary/aromatic N) is 2. The zero-order valence-electron chi connectivity index (χ0n) is 14.6. The predicted octanol–water partition coefficient (Wildman–Crippen LogP) is 2.76. The van der Waals surface area contributed by atoms with Gasteiger partial charge in [-0.15, -0.1) is 24.0 Å². The van der Waals surface area contributed by atoms with Gasteiger partial charge in [-0.1, -0.05) is 19.1 Å². The summed E-state index contributed by atoms with van der Waals surface area (Å²) in [4.78, 5) is 18.0. The minimum atomic E-state index is -0.241. The lowest BCUT2D eigenvalue weighted by Crippen LogP contribution is -2.38. The summed E-state index contributed by atoms with van der Waals surface area (Å²) in [5.41, 5.74) is 1.00. The second kappa shape index (κ2) is 13.0. The highest BCUT2D eigenvalue weighted by Crippen LogP contribution is 2.05. The lowest BCUT2D eigenvalue weighted by Gasteiger charge is -2.22.